The molecule has 0 heterocycles. The predicted molar refractivity (Wildman–Crippen MR) is 78.9 cm³/mol. The summed E-state index contributed by atoms with van der Waals surface area (Å²) in [4.78, 5) is 12.1. The highest BCUT2D eigenvalue weighted by molar-refractivity contribution is 5.94. The lowest BCUT2D eigenvalue weighted by atomic mass is 10.0. The molecule has 0 saturated carbocycles. The number of hydrogen-bond donors (Lipinski definition) is 2. The molecule has 0 aliphatic heterocycles. The van der Waals surface area contributed by atoms with E-state index in [4.69, 9.17) is 5.73 Å². The lowest BCUT2D eigenvalue weighted by Crippen LogP contribution is -2.33. The summed E-state index contributed by atoms with van der Waals surface area (Å²) in [6.45, 7) is 6.44. The second kappa shape index (κ2) is 7.60. The Morgan fingerprint density at radius 1 is 1.37 bits per heavy atom. The van der Waals surface area contributed by atoms with Gasteiger partial charge >= 0.3 is 0 Å². The maximum absolute atomic E-state index is 12.1. The van der Waals surface area contributed by atoms with Gasteiger partial charge < -0.3 is 11.1 Å². The van der Waals surface area contributed by atoms with Gasteiger partial charge in [-0.25, -0.2) is 0 Å². The van der Waals surface area contributed by atoms with Gasteiger partial charge in [-0.2, -0.15) is 0 Å². The average molecular weight is 258 g/mol. The predicted octanol–water partition coefficient (Wildman–Crippen LogP) is 2.22. The number of rotatable bonds is 4. The quantitative estimate of drug-likeness (QED) is 0.814. The molecule has 0 bridgehead atoms. The van der Waals surface area contributed by atoms with Gasteiger partial charge in [0.1, 0.15) is 0 Å². The van der Waals surface area contributed by atoms with Crippen molar-refractivity contribution >= 4 is 5.91 Å². The van der Waals surface area contributed by atoms with E-state index in [1.54, 1.807) is 0 Å². The summed E-state index contributed by atoms with van der Waals surface area (Å²) >= 11 is 0. The third-order valence-electron chi connectivity index (χ3n) is 3.15. The Labute approximate surface area is 115 Å². The minimum atomic E-state index is -0.0375. The molecule has 0 aliphatic carbocycles. The largest absolute Gasteiger partial charge is 0.349 e. The highest BCUT2D eigenvalue weighted by atomic mass is 16.1. The smallest absolute Gasteiger partial charge is 0.251 e. The number of carbonyl (C=O) groups excluding carboxylic acids is 1. The average Bonchev–Trinajstić information content (AvgIpc) is 2.43. The molecule has 0 atom stereocenters. The van der Waals surface area contributed by atoms with Gasteiger partial charge in [0, 0.05) is 17.2 Å². The van der Waals surface area contributed by atoms with Gasteiger partial charge in [0.25, 0.3) is 5.91 Å². The number of aryl methyl sites for hydroxylation is 1. The zero-order chi connectivity index (χ0) is 14.3. The number of amides is 1. The van der Waals surface area contributed by atoms with Gasteiger partial charge in [-0.15, -0.1) is 0 Å². The van der Waals surface area contributed by atoms with Crippen LogP contribution in [0.2, 0.25) is 0 Å². The zero-order valence-corrected chi connectivity index (χ0v) is 11.9. The zero-order valence-electron chi connectivity index (χ0n) is 11.9. The van der Waals surface area contributed by atoms with Crippen LogP contribution >= 0.6 is 0 Å². The van der Waals surface area contributed by atoms with Crippen LogP contribution in [0, 0.1) is 18.8 Å². The van der Waals surface area contributed by atoms with Gasteiger partial charge in [-0.3, -0.25) is 4.79 Å². The second-order valence-corrected chi connectivity index (χ2v) is 4.52. The highest BCUT2D eigenvalue weighted by Crippen LogP contribution is 2.11. The molecule has 0 radical (unpaired) electrons. The summed E-state index contributed by atoms with van der Waals surface area (Å²) in [6.07, 6.45) is 1.88. The Kier molecular flexibility index (Phi) is 6.11. The van der Waals surface area contributed by atoms with E-state index in [2.05, 4.69) is 31.0 Å². The monoisotopic (exact) mass is 258 g/mol. The fraction of sp³-hybridized carbons (Fsp3) is 0.438. The van der Waals surface area contributed by atoms with Crippen LogP contribution in [-0.4, -0.2) is 18.5 Å². The van der Waals surface area contributed by atoms with Crippen LogP contribution in [0.25, 0.3) is 0 Å². The molecule has 3 heteroatoms. The molecule has 0 aliphatic rings. The number of hydrogen-bond acceptors (Lipinski definition) is 2. The molecule has 3 nitrogen and oxygen atoms in total. The van der Waals surface area contributed by atoms with Crippen molar-refractivity contribution in [3.63, 3.8) is 0 Å². The van der Waals surface area contributed by atoms with Crippen molar-refractivity contribution in [3.05, 3.63) is 34.9 Å². The van der Waals surface area contributed by atoms with Crippen LogP contribution in [0.15, 0.2) is 18.2 Å². The summed E-state index contributed by atoms with van der Waals surface area (Å²) in [5.74, 6) is 5.78. The fourth-order valence-corrected chi connectivity index (χ4v) is 1.81. The molecule has 0 unspecified atom stereocenters. The fourth-order valence-electron chi connectivity index (χ4n) is 1.81. The van der Waals surface area contributed by atoms with Crippen LogP contribution < -0.4 is 11.1 Å². The number of benzene rings is 1. The molecule has 0 spiro atoms. The summed E-state index contributed by atoms with van der Waals surface area (Å²) in [6, 6.07) is 5.81. The lowest BCUT2D eigenvalue weighted by molar-refractivity contribution is 0.0935. The second-order valence-electron chi connectivity index (χ2n) is 4.52. The minimum Gasteiger partial charge on any atom is -0.349 e. The molecule has 1 aromatic rings. The first-order valence-corrected chi connectivity index (χ1v) is 6.72. The molecule has 3 N–H and O–H groups in total. The molecule has 0 fully saturated rings. The normalized spacial score (nSPS) is 9.95. The van der Waals surface area contributed by atoms with E-state index in [0.717, 1.165) is 24.0 Å². The Hall–Kier alpha value is -1.79. The molecule has 1 aromatic carbocycles. The van der Waals surface area contributed by atoms with Gasteiger partial charge in [0.05, 0.1) is 6.54 Å². The Bertz CT molecular complexity index is 493. The molecule has 102 valence electrons. The minimum absolute atomic E-state index is 0.0375. The van der Waals surface area contributed by atoms with E-state index in [0.29, 0.717) is 12.1 Å². The van der Waals surface area contributed by atoms with Crippen molar-refractivity contribution in [2.45, 2.75) is 39.7 Å². The Morgan fingerprint density at radius 2 is 2.05 bits per heavy atom. The standard InChI is InChI=1S/C16H22N2O/c1-4-15(5-2)18-16(19)14-9-8-12(3)13(11-14)7-6-10-17/h8-9,11,15H,4-5,10,17H2,1-3H3,(H,18,19). The van der Waals surface area contributed by atoms with Gasteiger partial charge in [-0.1, -0.05) is 31.8 Å². The molecular formula is C16H22N2O. The van der Waals surface area contributed by atoms with Crippen molar-refractivity contribution in [2.75, 3.05) is 6.54 Å². The molecule has 1 rings (SSSR count). The number of nitrogens with two attached hydrogens (primary N) is 1. The van der Waals surface area contributed by atoms with Crippen LogP contribution in [0.4, 0.5) is 0 Å². The first-order valence-electron chi connectivity index (χ1n) is 6.72. The first-order chi connectivity index (χ1) is 9.12. The van der Waals surface area contributed by atoms with E-state index in [1.165, 1.54) is 0 Å². The molecule has 0 saturated heterocycles. The molecule has 1 amide bonds. The van der Waals surface area contributed by atoms with Crippen molar-refractivity contribution < 1.29 is 4.79 Å². The van der Waals surface area contributed by atoms with Crippen molar-refractivity contribution in [1.82, 2.24) is 5.32 Å². The van der Waals surface area contributed by atoms with E-state index in [-0.39, 0.29) is 11.9 Å². The summed E-state index contributed by atoms with van der Waals surface area (Å²) in [7, 11) is 0. The van der Waals surface area contributed by atoms with Crippen molar-refractivity contribution in [2.24, 2.45) is 5.73 Å². The summed E-state index contributed by atoms with van der Waals surface area (Å²) in [5, 5.41) is 3.02. The van der Waals surface area contributed by atoms with Crippen LogP contribution in [0.1, 0.15) is 48.2 Å². The van der Waals surface area contributed by atoms with Crippen molar-refractivity contribution in [1.29, 1.82) is 0 Å². The van der Waals surface area contributed by atoms with Crippen LogP contribution in [0.3, 0.4) is 0 Å². The third kappa shape index (κ3) is 4.42. The van der Waals surface area contributed by atoms with E-state index < -0.39 is 0 Å². The van der Waals surface area contributed by atoms with E-state index in [1.807, 2.05) is 25.1 Å². The van der Waals surface area contributed by atoms with E-state index in [9.17, 15) is 4.79 Å². The van der Waals surface area contributed by atoms with Gasteiger partial charge in [-0.05, 0) is 37.5 Å². The molecular weight excluding hydrogens is 236 g/mol. The number of nitrogens with one attached hydrogen (secondary N) is 1. The van der Waals surface area contributed by atoms with E-state index >= 15 is 0 Å². The van der Waals surface area contributed by atoms with Crippen LogP contribution in [0.5, 0.6) is 0 Å². The SMILES string of the molecule is CCC(CC)NC(=O)c1ccc(C)c(C#CCN)c1. The van der Waals surface area contributed by atoms with Gasteiger partial charge in [0.15, 0.2) is 0 Å². The maximum atomic E-state index is 12.1. The third-order valence-corrected chi connectivity index (χ3v) is 3.15. The maximum Gasteiger partial charge on any atom is 0.251 e. The Balaban J connectivity index is 2.92. The first kappa shape index (κ1) is 15.3. The summed E-state index contributed by atoms with van der Waals surface area (Å²) in [5.41, 5.74) is 7.94. The topological polar surface area (TPSA) is 55.1 Å². The Morgan fingerprint density at radius 3 is 2.63 bits per heavy atom. The van der Waals surface area contributed by atoms with Crippen LogP contribution in [-0.2, 0) is 0 Å². The molecule has 19 heavy (non-hydrogen) atoms. The van der Waals surface area contributed by atoms with Crippen molar-refractivity contribution in [3.8, 4) is 11.8 Å². The number of carbonyl (C=O) groups is 1. The molecule has 0 aromatic heterocycles. The highest BCUT2D eigenvalue weighted by Gasteiger charge is 2.11. The van der Waals surface area contributed by atoms with Gasteiger partial charge in [0.2, 0.25) is 0 Å². The lowest BCUT2D eigenvalue weighted by Gasteiger charge is -2.15. The summed E-state index contributed by atoms with van der Waals surface area (Å²) < 4.78 is 0.